The van der Waals surface area contributed by atoms with E-state index in [4.69, 9.17) is 9.47 Å². The molecule has 10 nitrogen and oxygen atoms in total. The molecule has 0 aliphatic carbocycles. The molecule has 3 aromatic rings. The fourth-order valence-corrected chi connectivity index (χ4v) is 4.47. The van der Waals surface area contributed by atoms with E-state index in [1.165, 1.54) is 0 Å². The van der Waals surface area contributed by atoms with Crippen LogP contribution in [0.2, 0.25) is 0 Å². The zero-order valence-electron chi connectivity index (χ0n) is 17.8. The predicted molar refractivity (Wildman–Crippen MR) is 115 cm³/mol. The van der Waals surface area contributed by atoms with Crippen LogP contribution in [0.4, 0.5) is 11.5 Å². The van der Waals surface area contributed by atoms with Crippen molar-refractivity contribution < 1.29 is 14.3 Å². The van der Waals surface area contributed by atoms with Crippen LogP contribution < -0.4 is 19.7 Å². The van der Waals surface area contributed by atoms with E-state index in [2.05, 4.69) is 30.4 Å². The number of rotatable bonds is 6. The van der Waals surface area contributed by atoms with Gasteiger partial charge < -0.3 is 19.7 Å². The number of piperidine rings is 1. The summed E-state index contributed by atoms with van der Waals surface area (Å²) in [6.07, 6.45) is 1.11. The van der Waals surface area contributed by atoms with Crippen LogP contribution in [0.3, 0.4) is 0 Å². The molecule has 31 heavy (non-hydrogen) atoms. The summed E-state index contributed by atoms with van der Waals surface area (Å²) in [4.78, 5) is 17.2. The van der Waals surface area contributed by atoms with Gasteiger partial charge in [0.2, 0.25) is 5.91 Å². The molecule has 2 bridgehead atoms. The van der Waals surface area contributed by atoms with Crippen molar-refractivity contribution in [2.45, 2.75) is 25.4 Å². The van der Waals surface area contributed by atoms with E-state index in [0.717, 1.165) is 36.8 Å². The molecule has 0 spiro atoms. The van der Waals surface area contributed by atoms with E-state index in [1.54, 1.807) is 30.9 Å². The van der Waals surface area contributed by atoms with E-state index in [9.17, 15) is 4.79 Å². The Labute approximate surface area is 179 Å². The van der Waals surface area contributed by atoms with Crippen LogP contribution >= 0.6 is 0 Å². The summed E-state index contributed by atoms with van der Waals surface area (Å²) in [5.41, 5.74) is 1.44. The Balaban J connectivity index is 1.21. The van der Waals surface area contributed by atoms with Crippen molar-refractivity contribution in [1.29, 1.82) is 0 Å². The topological polar surface area (TPSA) is 97.1 Å². The molecule has 10 heteroatoms. The number of fused-ring (bicyclic) bond motifs is 3. The second-order valence-corrected chi connectivity index (χ2v) is 7.95. The number of aromatic nitrogens is 4. The van der Waals surface area contributed by atoms with Crippen LogP contribution in [-0.4, -0.2) is 76.6 Å². The third-order valence-corrected chi connectivity index (χ3v) is 6.07. The zero-order chi connectivity index (χ0) is 21.5. The first kappa shape index (κ1) is 19.6. The number of carbonyl (C=O) groups excluding carboxylic acids is 1. The van der Waals surface area contributed by atoms with Gasteiger partial charge in [-0.2, -0.15) is 4.52 Å². The summed E-state index contributed by atoms with van der Waals surface area (Å²) >= 11 is 0. The number of methoxy groups -OCH3 is 2. The van der Waals surface area contributed by atoms with Crippen LogP contribution in [0.15, 0.2) is 30.3 Å². The van der Waals surface area contributed by atoms with Gasteiger partial charge in [0.25, 0.3) is 0 Å². The average molecular weight is 423 g/mol. The molecule has 3 aliphatic rings. The molecule has 0 saturated carbocycles. The number of ether oxygens (including phenoxy) is 2. The van der Waals surface area contributed by atoms with Gasteiger partial charge >= 0.3 is 0 Å². The molecule has 6 rings (SSSR count). The minimum atomic E-state index is -0.0324. The lowest BCUT2D eigenvalue weighted by molar-refractivity contribution is -0.121. The molecule has 1 N–H and O–H groups in total. The van der Waals surface area contributed by atoms with Gasteiger partial charge in [0.1, 0.15) is 5.82 Å². The number of carbonyl (C=O) groups is 1. The van der Waals surface area contributed by atoms with Gasteiger partial charge in [-0.1, -0.05) is 0 Å². The Bertz CT molecular complexity index is 1120. The second-order valence-electron chi connectivity index (χ2n) is 7.95. The quantitative estimate of drug-likeness (QED) is 0.635. The SMILES string of the molecule is COc1ccc(NC(=O)CN2C3CC2CN(c2ccc4nnc(C)n4n2)C3)cc1OC. The Morgan fingerprint density at radius 2 is 1.87 bits per heavy atom. The molecule has 162 valence electrons. The maximum Gasteiger partial charge on any atom is 0.238 e. The number of aryl methyl sites for hydroxylation is 1. The van der Waals surface area contributed by atoms with E-state index in [1.807, 2.05) is 25.1 Å². The second kappa shape index (κ2) is 7.69. The number of anilines is 2. The van der Waals surface area contributed by atoms with Crippen LogP contribution in [0.25, 0.3) is 5.65 Å². The highest BCUT2D eigenvalue weighted by molar-refractivity contribution is 5.92. The maximum absolute atomic E-state index is 12.6. The molecular weight excluding hydrogens is 398 g/mol. The van der Waals surface area contributed by atoms with Crippen molar-refractivity contribution in [2.24, 2.45) is 0 Å². The number of hydrogen-bond acceptors (Lipinski definition) is 8. The minimum absolute atomic E-state index is 0.0324. The summed E-state index contributed by atoms with van der Waals surface area (Å²) in [5, 5.41) is 15.8. The largest absolute Gasteiger partial charge is 0.493 e. The highest BCUT2D eigenvalue weighted by Gasteiger charge is 2.45. The number of hydrogen-bond donors (Lipinski definition) is 1. The highest BCUT2D eigenvalue weighted by atomic mass is 16.5. The summed E-state index contributed by atoms with van der Waals surface area (Å²) < 4.78 is 12.3. The molecule has 3 saturated heterocycles. The van der Waals surface area contributed by atoms with Crippen molar-refractivity contribution >= 4 is 23.1 Å². The number of nitrogens with zero attached hydrogens (tertiary/aromatic N) is 6. The normalized spacial score (nSPS) is 20.4. The van der Waals surface area contributed by atoms with Crippen LogP contribution in [0.5, 0.6) is 11.5 Å². The molecule has 3 aliphatic heterocycles. The van der Waals surface area contributed by atoms with Gasteiger partial charge in [-0.25, -0.2) is 0 Å². The van der Waals surface area contributed by atoms with E-state index < -0.39 is 0 Å². The average Bonchev–Trinajstić information content (AvgIpc) is 3.17. The number of piperazine rings is 1. The lowest BCUT2D eigenvalue weighted by atomic mass is 9.87. The first-order valence-corrected chi connectivity index (χ1v) is 10.3. The number of nitrogens with one attached hydrogen (secondary N) is 1. The molecule has 2 atom stereocenters. The van der Waals surface area contributed by atoms with Crippen molar-refractivity contribution in [3.05, 3.63) is 36.2 Å². The van der Waals surface area contributed by atoms with Gasteiger partial charge in [0.05, 0.1) is 20.8 Å². The minimum Gasteiger partial charge on any atom is -0.493 e. The molecule has 0 radical (unpaired) electrons. The van der Waals surface area contributed by atoms with Gasteiger partial charge in [0.15, 0.2) is 23.0 Å². The molecule has 2 unspecified atom stereocenters. The monoisotopic (exact) mass is 423 g/mol. The van der Waals surface area contributed by atoms with Crippen LogP contribution in [0.1, 0.15) is 12.2 Å². The molecular formula is C21H25N7O3. The molecule has 2 aromatic heterocycles. The van der Waals surface area contributed by atoms with Crippen LogP contribution in [-0.2, 0) is 4.79 Å². The Kier molecular flexibility index (Phi) is 4.85. The number of benzene rings is 1. The Morgan fingerprint density at radius 1 is 1.10 bits per heavy atom. The van der Waals surface area contributed by atoms with E-state index in [0.29, 0.717) is 35.8 Å². The van der Waals surface area contributed by atoms with Gasteiger partial charge in [-0.05, 0) is 37.6 Å². The smallest absolute Gasteiger partial charge is 0.238 e. The number of amides is 1. The fraction of sp³-hybridized carbons (Fsp3) is 0.429. The lowest BCUT2D eigenvalue weighted by Crippen LogP contribution is -2.69. The molecule has 3 fully saturated rings. The maximum atomic E-state index is 12.6. The standard InChI is InChI=1S/C21H25N7O3/c1-13-23-24-19-6-7-20(25-28(13)19)26-10-15-9-16(11-26)27(15)12-21(29)22-14-4-5-17(30-2)18(8-14)31-3/h4-8,15-16H,9-12H2,1-3H3,(H,22,29). The molecule has 1 amide bonds. The van der Waals surface area contributed by atoms with Crippen LogP contribution in [0, 0.1) is 6.92 Å². The lowest BCUT2D eigenvalue weighted by Gasteiger charge is -2.56. The van der Waals surface area contributed by atoms with Crippen molar-refractivity contribution in [2.75, 3.05) is 44.1 Å². The Hall–Kier alpha value is -3.40. The van der Waals surface area contributed by atoms with Crippen molar-refractivity contribution in [1.82, 2.24) is 24.7 Å². The molecule has 5 heterocycles. The summed E-state index contributed by atoms with van der Waals surface area (Å²) in [5.74, 6) is 2.87. The van der Waals surface area contributed by atoms with Crippen molar-refractivity contribution in [3.63, 3.8) is 0 Å². The van der Waals surface area contributed by atoms with E-state index in [-0.39, 0.29) is 5.91 Å². The highest BCUT2D eigenvalue weighted by Crippen LogP contribution is 2.34. The molecule has 1 aromatic carbocycles. The van der Waals surface area contributed by atoms with Gasteiger partial charge in [-0.3, -0.25) is 9.69 Å². The summed E-state index contributed by atoms with van der Waals surface area (Å²) in [7, 11) is 3.16. The Morgan fingerprint density at radius 3 is 2.61 bits per heavy atom. The van der Waals surface area contributed by atoms with E-state index >= 15 is 0 Å². The third kappa shape index (κ3) is 3.52. The summed E-state index contributed by atoms with van der Waals surface area (Å²) in [6.45, 7) is 3.96. The van der Waals surface area contributed by atoms with Gasteiger partial charge in [0, 0.05) is 36.9 Å². The third-order valence-electron chi connectivity index (χ3n) is 6.07. The summed E-state index contributed by atoms with van der Waals surface area (Å²) in [6, 6.07) is 9.98. The fourth-order valence-electron chi connectivity index (χ4n) is 4.47. The zero-order valence-corrected chi connectivity index (χ0v) is 17.8. The first-order chi connectivity index (χ1) is 15.1. The predicted octanol–water partition coefficient (Wildman–Crippen LogP) is 1.35. The van der Waals surface area contributed by atoms with Crippen molar-refractivity contribution in [3.8, 4) is 11.5 Å². The van der Waals surface area contributed by atoms with Gasteiger partial charge in [-0.15, -0.1) is 15.3 Å². The first-order valence-electron chi connectivity index (χ1n) is 10.3.